The summed E-state index contributed by atoms with van der Waals surface area (Å²) >= 11 is 5.90. The van der Waals surface area contributed by atoms with Crippen LogP contribution in [0.4, 0.5) is 22.0 Å². The average molecular weight is 608 g/mol. The molecule has 3 N–H and O–H groups in total. The van der Waals surface area contributed by atoms with E-state index in [9.17, 15) is 14.4 Å². The summed E-state index contributed by atoms with van der Waals surface area (Å²) in [5.41, 5.74) is 1.31. The molecule has 0 bridgehead atoms. The first-order valence-corrected chi connectivity index (χ1v) is 14.7. The van der Waals surface area contributed by atoms with Gasteiger partial charge in [0.1, 0.15) is 17.2 Å². The Morgan fingerprint density at radius 1 is 0.977 bits per heavy atom. The number of hydrogen-bond acceptors (Lipinski definition) is 7. The summed E-state index contributed by atoms with van der Waals surface area (Å²) < 4.78 is 11.5. The van der Waals surface area contributed by atoms with Crippen molar-refractivity contribution >= 4 is 46.7 Å². The number of alkyl carbamates (subject to hydrolysis) is 1. The molecule has 4 rings (SSSR count). The zero-order valence-corrected chi connectivity index (χ0v) is 25.7. The van der Waals surface area contributed by atoms with Gasteiger partial charge in [-0.1, -0.05) is 30.7 Å². The number of para-hydroxylation sites is 1. The molecule has 2 heterocycles. The van der Waals surface area contributed by atoms with Crippen molar-refractivity contribution in [1.82, 2.24) is 10.3 Å². The molecular weight excluding hydrogens is 570 g/mol. The number of pyridine rings is 1. The number of carbonyl (C=O) groups is 3. The van der Waals surface area contributed by atoms with Gasteiger partial charge in [-0.05, 0) is 70.0 Å². The number of hydrogen-bond donors (Lipinski definition) is 3. The van der Waals surface area contributed by atoms with E-state index >= 15 is 0 Å². The van der Waals surface area contributed by atoms with Crippen LogP contribution in [0.5, 0.6) is 5.75 Å². The monoisotopic (exact) mass is 607 g/mol. The summed E-state index contributed by atoms with van der Waals surface area (Å²) in [5, 5.41) is 8.81. The number of nitrogens with one attached hydrogen (secondary N) is 3. The van der Waals surface area contributed by atoms with E-state index in [1.54, 1.807) is 63.2 Å². The lowest BCUT2D eigenvalue weighted by Crippen LogP contribution is -2.36. The maximum atomic E-state index is 13.6. The van der Waals surface area contributed by atoms with Crippen LogP contribution >= 0.6 is 11.6 Å². The van der Waals surface area contributed by atoms with Crippen LogP contribution in [0.1, 0.15) is 61.3 Å². The Bertz CT molecular complexity index is 1430. The third kappa shape index (κ3) is 9.34. The second-order valence-corrected chi connectivity index (χ2v) is 11.9. The Morgan fingerprint density at radius 3 is 2.40 bits per heavy atom. The minimum Gasteiger partial charge on any atom is -0.492 e. The second-order valence-electron chi connectivity index (χ2n) is 11.5. The van der Waals surface area contributed by atoms with E-state index in [1.165, 1.54) is 6.20 Å². The number of ether oxygens (including phenoxy) is 2. The number of carbonyl (C=O) groups excluding carboxylic acids is 3. The van der Waals surface area contributed by atoms with Gasteiger partial charge in [0.2, 0.25) is 0 Å². The van der Waals surface area contributed by atoms with Crippen molar-refractivity contribution in [2.75, 3.05) is 41.8 Å². The van der Waals surface area contributed by atoms with Crippen LogP contribution < -0.4 is 25.6 Å². The molecule has 1 aliphatic rings. The summed E-state index contributed by atoms with van der Waals surface area (Å²) in [7, 11) is 0. The first kappa shape index (κ1) is 31.6. The number of aromatic nitrogens is 1. The van der Waals surface area contributed by atoms with Crippen LogP contribution in [0.25, 0.3) is 0 Å². The second kappa shape index (κ2) is 14.2. The zero-order valence-electron chi connectivity index (χ0n) is 24.9. The fourth-order valence-corrected chi connectivity index (χ4v) is 4.58. The first-order valence-electron chi connectivity index (χ1n) is 14.3. The highest BCUT2D eigenvalue weighted by atomic mass is 35.5. The minimum atomic E-state index is -0.589. The summed E-state index contributed by atoms with van der Waals surface area (Å²) in [6.45, 7) is 9.83. The molecule has 43 heavy (non-hydrogen) atoms. The van der Waals surface area contributed by atoms with E-state index in [4.69, 9.17) is 21.1 Å². The predicted molar refractivity (Wildman–Crippen MR) is 168 cm³/mol. The largest absolute Gasteiger partial charge is 0.492 e. The molecule has 0 saturated carbocycles. The average Bonchev–Trinajstić information content (AvgIpc) is 3.51. The Hall–Kier alpha value is -4.31. The van der Waals surface area contributed by atoms with E-state index in [0.717, 1.165) is 31.6 Å². The molecule has 1 fully saturated rings. The molecule has 1 unspecified atom stereocenters. The highest BCUT2D eigenvalue weighted by Crippen LogP contribution is 2.30. The minimum absolute atomic E-state index is 0.0650. The Labute approximate surface area is 257 Å². The summed E-state index contributed by atoms with van der Waals surface area (Å²) in [6.07, 6.45) is 3.16. The predicted octanol–water partition coefficient (Wildman–Crippen LogP) is 6.38. The van der Waals surface area contributed by atoms with E-state index < -0.39 is 23.5 Å². The molecule has 228 valence electrons. The Balaban J connectivity index is 1.48. The third-order valence-corrected chi connectivity index (χ3v) is 6.81. The topological polar surface area (TPSA) is 122 Å². The number of nitrogens with zero attached hydrogens (tertiary/aromatic N) is 2. The van der Waals surface area contributed by atoms with Crippen LogP contribution in [0.15, 0.2) is 60.8 Å². The highest BCUT2D eigenvalue weighted by Gasteiger charge is 2.21. The molecule has 3 aromatic rings. The number of halogens is 1. The normalized spacial score (nSPS) is 13.7. The van der Waals surface area contributed by atoms with Gasteiger partial charge in [0, 0.05) is 43.5 Å². The van der Waals surface area contributed by atoms with Crippen molar-refractivity contribution in [2.45, 2.75) is 46.1 Å². The van der Waals surface area contributed by atoms with Crippen molar-refractivity contribution in [3.8, 4) is 5.75 Å². The molecule has 1 saturated heterocycles. The van der Waals surface area contributed by atoms with E-state index in [1.807, 2.05) is 19.1 Å². The zero-order chi connectivity index (χ0) is 31.0. The van der Waals surface area contributed by atoms with Crippen LogP contribution in [0.3, 0.4) is 0 Å². The molecule has 0 aliphatic carbocycles. The molecule has 0 spiro atoms. The highest BCUT2D eigenvalue weighted by molar-refractivity contribution is 6.30. The molecule has 1 atom stereocenters. The fourth-order valence-electron chi connectivity index (χ4n) is 4.47. The van der Waals surface area contributed by atoms with Crippen LogP contribution in [-0.4, -0.2) is 54.7 Å². The third-order valence-electron chi connectivity index (χ3n) is 6.59. The van der Waals surface area contributed by atoms with E-state index in [2.05, 4.69) is 25.8 Å². The standard InChI is InChI=1S/C32H38ClN5O5/c1-21(18-35-31(41)43-32(2,3)4)20-42-27-17-23(38-15-7-8-16-38)12-13-25(27)30(40)36-26-10-6-5-9-24(26)29(39)37-28-14-11-22(33)19-34-28/h5-6,9-14,17,19,21H,7-8,15-16,18,20H2,1-4H3,(H,35,41)(H,36,40)(H,34,37,39). The Morgan fingerprint density at radius 2 is 1.70 bits per heavy atom. The quantitative estimate of drug-likeness (QED) is 0.244. The summed E-state index contributed by atoms with van der Waals surface area (Å²) in [6, 6.07) is 15.5. The SMILES string of the molecule is CC(CNC(=O)OC(C)(C)C)COc1cc(N2CCCC2)ccc1C(=O)Nc1ccccc1C(=O)Nc1ccc(Cl)cn1. The summed E-state index contributed by atoms with van der Waals surface area (Å²) in [5.74, 6) is -0.174. The fraction of sp³-hybridized carbons (Fsp3) is 0.375. The van der Waals surface area contributed by atoms with Gasteiger partial charge in [0.25, 0.3) is 11.8 Å². The number of rotatable bonds is 10. The lowest BCUT2D eigenvalue weighted by molar-refractivity contribution is 0.0516. The van der Waals surface area contributed by atoms with E-state index in [0.29, 0.717) is 34.4 Å². The van der Waals surface area contributed by atoms with Gasteiger partial charge in [-0.2, -0.15) is 0 Å². The van der Waals surface area contributed by atoms with Crippen molar-refractivity contribution in [3.05, 3.63) is 76.9 Å². The first-order chi connectivity index (χ1) is 20.5. The lowest BCUT2D eigenvalue weighted by atomic mass is 10.1. The lowest BCUT2D eigenvalue weighted by Gasteiger charge is -2.22. The number of anilines is 3. The van der Waals surface area contributed by atoms with Crippen molar-refractivity contribution in [3.63, 3.8) is 0 Å². The molecule has 3 amide bonds. The van der Waals surface area contributed by atoms with Gasteiger partial charge in [-0.3, -0.25) is 9.59 Å². The molecule has 10 nitrogen and oxygen atoms in total. The van der Waals surface area contributed by atoms with E-state index in [-0.39, 0.29) is 18.1 Å². The number of benzene rings is 2. The molecule has 1 aromatic heterocycles. The summed E-state index contributed by atoms with van der Waals surface area (Å²) in [4.78, 5) is 45.1. The van der Waals surface area contributed by atoms with Gasteiger partial charge in [-0.15, -0.1) is 0 Å². The van der Waals surface area contributed by atoms with Gasteiger partial charge in [0.15, 0.2) is 0 Å². The van der Waals surface area contributed by atoms with Gasteiger partial charge in [0.05, 0.1) is 28.4 Å². The van der Waals surface area contributed by atoms with Gasteiger partial charge < -0.3 is 30.3 Å². The van der Waals surface area contributed by atoms with Crippen molar-refractivity contribution in [1.29, 1.82) is 0 Å². The Kier molecular flexibility index (Phi) is 10.5. The van der Waals surface area contributed by atoms with Crippen molar-refractivity contribution in [2.24, 2.45) is 5.92 Å². The van der Waals surface area contributed by atoms with Crippen LogP contribution in [0.2, 0.25) is 5.02 Å². The number of amides is 3. The molecule has 1 aliphatic heterocycles. The van der Waals surface area contributed by atoms with Crippen LogP contribution in [-0.2, 0) is 4.74 Å². The maximum Gasteiger partial charge on any atom is 0.407 e. The molecular formula is C32H38ClN5O5. The molecule has 11 heteroatoms. The maximum absolute atomic E-state index is 13.6. The van der Waals surface area contributed by atoms with Crippen LogP contribution in [0, 0.1) is 5.92 Å². The molecule has 0 radical (unpaired) electrons. The van der Waals surface area contributed by atoms with Crippen molar-refractivity contribution < 1.29 is 23.9 Å². The van der Waals surface area contributed by atoms with Gasteiger partial charge in [-0.25, -0.2) is 9.78 Å². The molecule has 2 aromatic carbocycles. The van der Waals surface area contributed by atoms with Gasteiger partial charge >= 0.3 is 6.09 Å². The smallest absolute Gasteiger partial charge is 0.407 e.